The fraction of sp³-hybridized carbons (Fsp3) is 0.435. The predicted molar refractivity (Wildman–Crippen MR) is 112 cm³/mol. The molecule has 0 radical (unpaired) electrons. The minimum absolute atomic E-state index is 0.127. The highest BCUT2D eigenvalue weighted by Crippen LogP contribution is 2.33. The highest BCUT2D eigenvalue weighted by atomic mass is 16.6. The molecule has 1 saturated heterocycles. The first-order valence-electron chi connectivity index (χ1n) is 9.99. The van der Waals surface area contributed by atoms with Crippen molar-refractivity contribution in [3.05, 3.63) is 59.2 Å². The summed E-state index contributed by atoms with van der Waals surface area (Å²) < 4.78 is 16.3. The molecule has 0 spiro atoms. The summed E-state index contributed by atoms with van der Waals surface area (Å²) in [6.07, 6.45) is 0.127. The van der Waals surface area contributed by atoms with Crippen LogP contribution in [0, 0.1) is 12.8 Å². The minimum Gasteiger partial charge on any atom is -0.493 e. The lowest BCUT2D eigenvalue weighted by Crippen LogP contribution is -2.23. The van der Waals surface area contributed by atoms with Gasteiger partial charge in [-0.25, -0.2) is 0 Å². The summed E-state index contributed by atoms with van der Waals surface area (Å²) in [6, 6.07) is 14.6. The molecule has 154 valence electrons. The van der Waals surface area contributed by atoms with E-state index in [1.165, 1.54) is 11.1 Å². The van der Waals surface area contributed by atoms with Crippen molar-refractivity contribution in [1.29, 1.82) is 0 Å². The average Bonchev–Trinajstić information content (AvgIpc) is 3.29. The lowest BCUT2D eigenvalue weighted by molar-refractivity contribution is 0.0745. The Morgan fingerprint density at radius 2 is 1.86 bits per heavy atom. The number of hydrogen-bond acceptors (Lipinski definition) is 6. The Balaban J connectivity index is 1.42. The van der Waals surface area contributed by atoms with E-state index in [1.54, 1.807) is 14.2 Å². The third kappa shape index (κ3) is 4.38. The van der Waals surface area contributed by atoms with Crippen molar-refractivity contribution < 1.29 is 19.0 Å². The third-order valence-corrected chi connectivity index (χ3v) is 5.51. The van der Waals surface area contributed by atoms with Crippen molar-refractivity contribution in [1.82, 2.24) is 4.90 Å². The average molecular weight is 396 g/mol. The fourth-order valence-electron chi connectivity index (χ4n) is 3.96. The Hall–Kier alpha value is -2.57. The highest BCUT2D eigenvalue weighted by Gasteiger charge is 2.42. The van der Waals surface area contributed by atoms with Gasteiger partial charge in [0.1, 0.15) is 12.7 Å². The maximum absolute atomic E-state index is 5.82. The number of benzene rings is 2. The molecule has 2 atom stereocenters. The van der Waals surface area contributed by atoms with E-state index >= 15 is 0 Å². The first-order chi connectivity index (χ1) is 14.2. The minimum atomic E-state index is 0.127. The maximum Gasteiger partial charge on any atom is 0.161 e. The molecule has 2 heterocycles. The fourth-order valence-corrected chi connectivity index (χ4v) is 3.96. The number of nitrogens with zero attached hydrogens (tertiary/aromatic N) is 2. The standard InChI is InChI=1S/C23H28N2O4/c1-16-4-7-18(8-5-16)23-19-14-25(15-22(19)29-24-23)13-17-6-9-20(27-3)21(12-17)28-11-10-26-2/h4-9,12,19,22H,10-11,13-15H2,1-3H3. The second kappa shape index (κ2) is 8.84. The van der Waals surface area contributed by atoms with Crippen LogP contribution in [0.1, 0.15) is 16.7 Å². The van der Waals surface area contributed by atoms with Crippen LogP contribution >= 0.6 is 0 Å². The van der Waals surface area contributed by atoms with Gasteiger partial charge in [0.25, 0.3) is 0 Å². The zero-order valence-electron chi connectivity index (χ0n) is 17.3. The van der Waals surface area contributed by atoms with E-state index in [9.17, 15) is 0 Å². The van der Waals surface area contributed by atoms with Crippen LogP contribution in [0.5, 0.6) is 11.5 Å². The Morgan fingerprint density at radius 3 is 2.62 bits per heavy atom. The van der Waals surface area contributed by atoms with Gasteiger partial charge < -0.3 is 19.0 Å². The van der Waals surface area contributed by atoms with Gasteiger partial charge in [0.15, 0.2) is 11.5 Å². The van der Waals surface area contributed by atoms with E-state index in [-0.39, 0.29) is 6.10 Å². The van der Waals surface area contributed by atoms with Gasteiger partial charge in [0.05, 0.1) is 25.3 Å². The Labute approximate surface area is 172 Å². The first kappa shape index (κ1) is 19.7. The lowest BCUT2D eigenvalue weighted by Gasteiger charge is -2.18. The molecule has 29 heavy (non-hydrogen) atoms. The second-order valence-corrected chi connectivity index (χ2v) is 7.61. The largest absolute Gasteiger partial charge is 0.493 e. The van der Waals surface area contributed by atoms with Crippen molar-refractivity contribution >= 4 is 5.71 Å². The van der Waals surface area contributed by atoms with Crippen molar-refractivity contribution in [3.63, 3.8) is 0 Å². The zero-order chi connectivity index (χ0) is 20.2. The summed E-state index contributed by atoms with van der Waals surface area (Å²) in [5, 5.41) is 4.38. The molecule has 0 aromatic heterocycles. The van der Waals surface area contributed by atoms with E-state index in [0.29, 0.717) is 19.1 Å². The summed E-state index contributed by atoms with van der Waals surface area (Å²) in [5.74, 6) is 1.80. The second-order valence-electron chi connectivity index (χ2n) is 7.61. The molecule has 4 rings (SSSR count). The number of hydrogen-bond donors (Lipinski definition) is 0. The van der Waals surface area contributed by atoms with E-state index in [2.05, 4.69) is 53.4 Å². The van der Waals surface area contributed by atoms with E-state index in [4.69, 9.17) is 19.0 Å². The molecule has 0 aliphatic carbocycles. The molecule has 0 amide bonds. The molecule has 6 nitrogen and oxygen atoms in total. The van der Waals surface area contributed by atoms with Gasteiger partial charge in [-0.05, 0) is 30.2 Å². The Bertz CT molecular complexity index is 866. The number of aryl methyl sites for hydroxylation is 1. The normalized spacial score (nSPS) is 20.9. The van der Waals surface area contributed by atoms with Crippen molar-refractivity contribution in [2.75, 3.05) is 40.5 Å². The number of likely N-dealkylation sites (tertiary alicyclic amines) is 1. The van der Waals surface area contributed by atoms with Gasteiger partial charge in [-0.2, -0.15) is 0 Å². The summed E-state index contributed by atoms with van der Waals surface area (Å²) in [7, 11) is 3.32. The number of ether oxygens (including phenoxy) is 3. The van der Waals surface area contributed by atoms with Crippen LogP contribution < -0.4 is 9.47 Å². The molecule has 6 heteroatoms. The first-order valence-corrected chi connectivity index (χ1v) is 9.99. The van der Waals surface area contributed by atoms with Gasteiger partial charge in [0, 0.05) is 26.7 Å². The summed E-state index contributed by atoms with van der Waals surface area (Å²) in [6.45, 7) is 5.77. The maximum atomic E-state index is 5.82. The molecular formula is C23H28N2O4. The molecule has 2 unspecified atom stereocenters. The van der Waals surface area contributed by atoms with Crippen LogP contribution in [0.4, 0.5) is 0 Å². The monoisotopic (exact) mass is 396 g/mol. The highest BCUT2D eigenvalue weighted by molar-refractivity contribution is 6.03. The summed E-state index contributed by atoms with van der Waals surface area (Å²) in [5.41, 5.74) is 4.66. The van der Waals surface area contributed by atoms with E-state index in [0.717, 1.165) is 42.4 Å². The molecule has 1 fully saturated rings. The van der Waals surface area contributed by atoms with Crippen LogP contribution in [-0.4, -0.2) is 57.2 Å². The van der Waals surface area contributed by atoms with Gasteiger partial charge in [-0.1, -0.05) is 41.1 Å². The quantitative estimate of drug-likeness (QED) is 0.641. The van der Waals surface area contributed by atoms with Crippen LogP contribution in [0.15, 0.2) is 47.6 Å². The van der Waals surface area contributed by atoms with Gasteiger partial charge in [0.2, 0.25) is 0 Å². The van der Waals surface area contributed by atoms with E-state index in [1.807, 2.05) is 6.07 Å². The van der Waals surface area contributed by atoms with Crippen LogP contribution in [0.2, 0.25) is 0 Å². The van der Waals surface area contributed by atoms with Gasteiger partial charge in [-0.15, -0.1) is 0 Å². The van der Waals surface area contributed by atoms with Crippen molar-refractivity contribution in [2.45, 2.75) is 19.6 Å². The molecule has 2 aliphatic heterocycles. The lowest BCUT2D eigenvalue weighted by atomic mass is 9.94. The molecule has 2 aromatic carbocycles. The Kier molecular flexibility index (Phi) is 6.02. The third-order valence-electron chi connectivity index (χ3n) is 5.51. The number of rotatable bonds is 8. The summed E-state index contributed by atoms with van der Waals surface area (Å²) >= 11 is 0. The van der Waals surface area contributed by atoms with Crippen LogP contribution in [-0.2, 0) is 16.1 Å². The van der Waals surface area contributed by atoms with Crippen LogP contribution in [0.25, 0.3) is 0 Å². The predicted octanol–water partition coefficient (Wildman–Crippen LogP) is 3.26. The number of methoxy groups -OCH3 is 2. The summed E-state index contributed by atoms with van der Waals surface area (Å²) in [4.78, 5) is 8.17. The number of fused-ring (bicyclic) bond motifs is 1. The SMILES string of the molecule is COCCOc1cc(CN2CC3ON=C(c4ccc(C)cc4)C3C2)ccc1OC. The van der Waals surface area contributed by atoms with Crippen molar-refractivity contribution in [3.8, 4) is 11.5 Å². The molecule has 2 aromatic rings. The van der Waals surface area contributed by atoms with Crippen LogP contribution in [0.3, 0.4) is 0 Å². The van der Waals surface area contributed by atoms with Gasteiger partial charge in [-0.3, -0.25) is 4.90 Å². The van der Waals surface area contributed by atoms with E-state index < -0.39 is 0 Å². The molecule has 0 saturated carbocycles. The topological polar surface area (TPSA) is 52.5 Å². The number of oxime groups is 1. The Morgan fingerprint density at radius 1 is 1.03 bits per heavy atom. The molecule has 0 bridgehead atoms. The zero-order valence-corrected chi connectivity index (χ0v) is 17.3. The van der Waals surface area contributed by atoms with Gasteiger partial charge >= 0.3 is 0 Å². The molecular weight excluding hydrogens is 368 g/mol. The molecule has 0 N–H and O–H groups in total. The molecule has 2 aliphatic rings. The smallest absolute Gasteiger partial charge is 0.161 e. The van der Waals surface area contributed by atoms with Crippen molar-refractivity contribution in [2.24, 2.45) is 11.1 Å².